The molecule has 0 saturated carbocycles. The smallest absolute Gasteiger partial charge is 0.241 e. The fourth-order valence-corrected chi connectivity index (χ4v) is 4.18. The van der Waals surface area contributed by atoms with Gasteiger partial charge in [0.25, 0.3) is 0 Å². The van der Waals surface area contributed by atoms with E-state index in [4.69, 9.17) is 5.11 Å². The molecule has 0 aliphatic rings. The number of thiophene rings is 1. The van der Waals surface area contributed by atoms with E-state index in [9.17, 15) is 8.42 Å². The van der Waals surface area contributed by atoms with Gasteiger partial charge in [0.2, 0.25) is 10.0 Å². The Hall–Kier alpha value is -0.430. The van der Waals surface area contributed by atoms with Gasteiger partial charge < -0.3 is 5.11 Å². The van der Waals surface area contributed by atoms with Gasteiger partial charge in [0.15, 0.2) is 0 Å². The van der Waals surface area contributed by atoms with E-state index >= 15 is 0 Å². The van der Waals surface area contributed by atoms with Crippen LogP contribution in [0.25, 0.3) is 0 Å². The first-order valence-corrected chi connectivity index (χ1v) is 7.87. The zero-order valence-electron chi connectivity index (χ0n) is 10.4. The summed E-state index contributed by atoms with van der Waals surface area (Å²) in [4.78, 5) is 2.18. The average Bonchev–Trinajstić information content (AvgIpc) is 2.53. The highest BCUT2D eigenvalue weighted by molar-refractivity contribution is 7.89. The molecular formula is C11H19NO3S2. The minimum Gasteiger partial charge on any atom is -0.393 e. The molecule has 0 aliphatic carbocycles. The number of nitrogens with one attached hydrogen (secondary N) is 1. The van der Waals surface area contributed by atoms with Gasteiger partial charge in [0, 0.05) is 16.3 Å². The van der Waals surface area contributed by atoms with E-state index in [1.807, 2.05) is 13.8 Å². The van der Waals surface area contributed by atoms with Crippen LogP contribution >= 0.6 is 11.3 Å². The van der Waals surface area contributed by atoms with Gasteiger partial charge in [-0.3, -0.25) is 0 Å². The van der Waals surface area contributed by atoms with E-state index in [0.29, 0.717) is 24.3 Å². The van der Waals surface area contributed by atoms with Crippen molar-refractivity contribution in [1.82, 2.24) is 4.72 Å². The molecule has 0 amide bonds. The molecule has 1 heterocycles. The van der Waals surface area contributed by atoms with Crippen molar-refractivity contribution >= 4 is 21.4 Å². The Labute approximate surface area is 107 Å². The van der Waals surface area contributed by atoms with Gasteiger partial charge in [-0.15, -0.1) is 11.3 Å². The van der Waals surface area contributed by atoms with Gasteiger partial charge in [-0.25, -0.2) is 13.1 Å². The van der Waals surface area contributed by atoms with Crippen LogP contribution in [-0.4, -0.2) is 26.2 Å². The van der Waals surface area contributed by atoms with E-state index in [1.165, 1.54) is 11.3 Å². The van der Waals surface area contributed by atoms with Gasteiger partial charge >= 0.3 is 0 Å². The number of hydrogen-bond acceptors (Lipinski definition) is 4. The maximum Gasteiger partial charge on any atom is 0.241 e. The summed E-state index contributed by atoms with van der Waals surface area (Å²) < 4.78 is 26.4. The molecule has 1 aromatic heterocycles. The fourth-order valence-electron chi connectivity index (χ4n) is 1.56. The minimum atomic E-state index is -3.39. The van der Waals surface area contributed by atoms with Crippen molar-refractivity contribution in [2.24, 2.45) is 0 Å². The maximum absolute atomic E-state index is 11.9. The summed E-state index contributed by atoms with van der Waals surface area (Å²) >= 11 is 1.48. The van der Waals surface area contributed by atoms with Crippen LogP contribution in [0.5, 0.6) is 0 Å². The van der Waals surface area contributed by atoms with Crippen LogP contribution in [0.1, 0.15) is 29.5 Å². The first-order valence-electron chi connectivity index (χ1n) is 5.57. The number of sulfonamides is 1. The van der Waals surface area contributed by atoms with Crippen LogP contribution in [0.15, 0.2) is 11.0 Å². The molecule has 1 aromatic rings. The number of aliphatic hydroxyl groups is 1. The molecule has 0 spiro atoms. The number of rotatable bonds is 6. The highest BCUT2D eigenvalue weighted by Gasteiger charge is 2.18. The molecule has 1 unspecified atom stereocenters. The average molecular weight is 277 g/mol. The lowest BCUT2D eigenvalue weighted by molar-refractivity contribution is 0.182. The quantitative estimate of drug-likeness (QED) is 0.779. The Morgan fingerprint density at radius 1 is 1.47 bits per heavy atom. The van der Waals surface area contributed by atoms with Gasteiger partial charge in [-0.05, 0) is 39.7 Å². The van der Waals surface area contributed by atoms with Crippen LogP contribution in [0.3, 0.4) is 0 Å². The largest absolute Gasteiger partial charge is 0.393 e. The van der Waals surface area contributed by atoms with Crippen molar-refractivity contribution in [3.63, 3.8) is 0 Å². The molecule has 0 saturated heterocycles. The Morgan fingerprint density at radius 2 is 2.12 bits per heavy atom. The summed E-state index contributed by atoms with van der Waals surface area (Å²) in [6, 6.07) is 1.69. The summed E-state index contributed by atoms with van der Waals surface area (Å²) in [5.41, 5.74) is 0. The Balaban J connectivity index is 2.60. The number of hydrogen-bond donors (Lipinski definition) is 2. The molecule has 98 valence electrons. The third kappa shape index (κ3) is 4.39. The second-order valence-corrected chi connectivity index (χ2v) is 7.36. The summed E-state index contributed by atoms with van der Waals surface area (Å²) in [6.07, 6.45) is 0.855. The summed E-state index contributed by atoms with van der Waals surface area (Å²) in [7, 11) is -3.39. The molecule has 4 nitrogen and oxygen atoms in total. The van der Waals surface area contributed by atoms with Crippen molar-refractivity contribution in [1.29, 1.82) is 0 Å². The van der Waals surface area contributed by atoms with Crippen LogP contribution < -0.4 is 4.72 Å². The van der Waals surface area contributed by atoms with E-state index in [-0.39, 0.29) is 6.10 Å². The third-order valence-corrected chi connectivity index (χ3v) is 5.06. The topological polar surface area (TPSA) is 66.4 Å². The molecule has 1 rings (SSSR count). The first kappa shape index (κ1) is 14.6. The summed E-state index contributed by atoms with van der Waals surface area (Å²) in [5, 5.41) is 9.07. The van der Waals surface area contributed by atoms with Crippen molar-refractivity contribution < 1.29 is 13.5 Å². The van der Waals surface area contributed by atoms with Gasteiger partial charge in [0.05, 0.1) is 11.0 Å². The molecule has 1 atom stereocenters. The second kappa shape index (κ2) is 5.95. The van der Waals surface area contributed by atoms with Gasteiger partial charge in [0.1, 0.15) is 0 Å². The molecule has 0 fully saturated rings. The summed E-state index contributed by atoms with van der Waals surface area (Å²) in [5.74, 6) is 0. The second-order valence-electron chi connectivity index (χ2n) is 4.17. The highest BCUT2D eigenvalue weighted by Crippen LogP contribution is 2.24. The van der Waals surface area contributed by atoms with Gasteiger partial charge in [-0.1, -0.05) is 0 Å². The first-order chi connectivity index (χ1) is 7.83. The zero-order valence-corrected chi connectivity index (χ0v) is 12.0. The van der Waals surface area contributed by atoms with E-state index in [2.05, 4.69) is 4.72 Å². The van der Waals surface area contributed by atoms with Crippen molar-refractivity contribution in [2.45, 2.75) is 44.6 Å². The molecule has 0 aliphatic heterocycles. The van der Waals surface area contributed by atoms with Crippen LogP contribution in [-0.2, 0) is 10.0 Å². The lowest BCUT2D eigenvalue weighted by Crippen LogP contribution is -2.25. The SMILES string of the molecule is Cc1cc(S(=O)(=O)NCCCC(C)O)c(C)s1. The predicted molar refractivity (Wildman–Crippen MR) is 69.9 cm³/mol. The molecule has 0 radical (unpaired) electrons. The molecule has 17 heavy (non-hydrogen) atoms. The minimum absolute atomic E-state index is 0.363. The van der Waals surface area contributed by atoms with Gasteiger partial charge in [-0.2, -0.15) is 0 Å². The normalized spacial score (nSPS) is 13.9. The third-order valence-electron chi connectivity index (χ3n) is 2.38. The van der Waals surface area contributed by atoms with E-state index < -0.39 is 10.0 Å². The van der Waals surface area contributed by atoms with Crippen molar-refractivity contribution in [3.8, 4) is 0 Å². The molecular weight excluding hydrogens is 258 g/mol. The highest BCUT2D eigenvalue weighted by atomic mass is 32.2. The van der Waals surface area contributed by atoms with Crippen LogP contribution in [0, 0.1) is 13.8 Å². The molecule has 0 aromatic carbocycles. The monoisotopic (exact) mass is 277 g/mol. The summed E-state index contributed by atoms with van der Waals surface area (Å²) in [6.45, 7) is 5.76. The maximum atomic E-state index is 11.9. The molecule has 6 heteroatoms. The lowest BCUT2D eigenvalue weighted by Gasteiger charge is -2.07. The van der Waals surface area contributed by atoms with Crippen molar-refractivity contribution in [2.75, 3.05) is 6.54 Å². The fraction of sp³-hybridized carbons (Fsp3) is 0.636. The lowest BCUT2D eigenvalue weighted by atomic mass is 10.2. The van der Waals surface area contributed by atoms with Crippen molar-refractivity contribution in [3.05, 3.63) is 15.8 Å². The van der Waals surface area contributed by atoms with E-state index in [0.717, 1.165) is 9.75 Å². The predicted octanol–water partition coefficient (Wildman–Crippen LogP) is 1.80. The van der Waals surface area contributed by atoms with E-state index in [1.54, 1.807) is 13.0 Å². The van der Waals surface area contributed by atoms with Crippen LogP contribution in [0.4, 0.5) is 0 Å². The number of aliphatic hydroxyl groups excluding tert-OH is 1. The van der Waals surface area contributed by atoms with Crippen LogP contribution in [0.2, 0.25) is 0 Å². The zero-order chi connectivity index (χ0) is 13.1. The Morgan fingerprint density at radius 3 is 2.59 bits per heavy atom. The Bertz CT molecular complexity index is 463. The Kier molecular flexibility index (Phi) is 5.12. The standard InChI is InChI=1S/C11H19NO3S2/c1-8(13)5-4-6-12-17(14,15)11-7-9(2)16-10(11)3/h7-8,12-13H,4-6H2,1-3H3. The molecule has 2 N–H and O–H groups in total. The molecule has 0 bridgehead atoms. The number of aryl methyl sites for hydroxylation is 2.